The molecule has 68 valence electrons. The molecular formula is C9H16N2O. The number of aromatic nitrogens is 2. The lowest BCUT2D eigenvalue weighted by molar-refractivity contribution is 0.125. The van der Waals surface area contributed by atoms with Crippen molar-refractivity contribution in [3.8, 4) is 0 Å². The molecule has 0 saturated heterocycles. The topological polar surface area (TPSA) is 27.1 Å². The summed E-state index contributed by atoms with van der Waals surface area (Å²) in [5, 5.41) is 0. The second-order valence-corrected chi connectivity index (χ2v) is 3.89. The molecule has 0 atom stereocenters. The maximum Gasteiger partial charge on any atom is 0.123 e. The molecular weight excluding hydrogens is 152 g/mol. The van der Waals surface area contributed by atoms with Crippen LogP contribution >= 0.6 is 0 Å². The zero-order valence-corrected chi connectivity index (χ0v) is 8.16. The van der Waals surface area contributed by atoms with Crippen LogP contribution in [0.25, 0.3) is 0 Å². The first-order valence-corrected chi connectivity index (χ1v) is 4.06. The van der Waals surface area contributed by atoms with Crippen molar-refractivity contribution in [2.75, 3.05) is 7.11 Å². The van der Waals surface area contributed by atoms with Crippen molar-refractivity contribution in [3.63, 3.8) is 0 Å². The van der Waals surface area contributed by atoms with Gasteiger partial charge in [-0.1, -0.05) is 20.8 Å². The Labute approximate surface area is 73.4 Å². The molecule has 0 unspecified atom stereocenters. The Hall–Kier alpha value is -0.830. The van der Waals surface area contributed by atoms with Gasteiger partial charge in [0.05, 0.1) is 0 Å². The van der Waals surface area contributed by atoms with Crippen molar-refractivity contribution in [1.82, 2.24) is 9.55 Å². The van der Waals surface area contributed by atoms with Gasteiger partial charge in [-0.25, -0.2) is 4.98 Å². The van der Waals surface area contributed by atoms with Gasteiger partial charge in [0.2, 0.25) is 0 Å². The summed E-state index contributed by atoms with van der Waals surface area (Å²) in [6.45, 7) is 7.00. The molecule has 1 rings (SSSR count). The van der Waals surface area contributed by atoms with E-state index in [1.807, 2.05) is 10.8 Å². The van der Waals surface area contributed by atoms with Gasteiger partial charge in [0, 0.05) is 24.9 Å². The van der Waals surface area contributed by atoms with Crippen LogP contribution in [0.2, 0.25) is 0 Å². The molecule has 0 bridgehead atoms. The summed E-state index contributed by atoms with van der Waals surface area (Å²) in [7, 11) is 1.69. The van der Waals surface area contributed by atoms with Crippen LogP contribution in [0.5, 0.6) is 0 Å². The van der Waals surface area contributed by atoms with Gasteiger partial charge < -0.3 is 9.30 Å². The lowest BCUT2D eigenvalue weighted by Gasteiger charge is -2.19. The van der Waals surface area contributed by atoms with Gasteiger partial charge in [0.1, 0.15) is 12.6 Å². The maximum absolute atomic E-state index is 5.04. The highest BCUT2D eigenvalue weighted by Gasteiger charge is 2.18. The van der Waals surface area contributed by atoms with Crippen molar-refractivity contribution in [3.05, 3.63) is 18.2 Å². The Morgan fingerprint density at radius 2 is 2.17 bits per heavy atom. The number of ether oxygens (including phenoxy) is 1. The highest BCUT2D eigenvalue weighted by atomic mass is 16.5. The molecule has 12 heavy (non-hydrogen) atoms. The molecule has 0 radical (unpaired) electrons. The number of imidazole rings is 1. The molecule has 0 amide bonds. The van der Waals surface area contributed by atoms with Crippen LogP contribution < -0.4 is 0 Å². The average molecular weight is 168 g/mol. The fourth-order valence-electron chi connectivity index (χ4n) is 1.20. The minimum Gasteiger partial charge on any atom is -0.364 e. The van der Waals surface area contributed by atoms with E-state index in [0.717, 1.165) is 5.82 Å². The summed E-state index contributed by atoms with van der Waals surface area (Å²) in [5.41, 5.74) is 0.0853. The summed E-state index contributed by atoms with van der Waals surface area (Å²) in [6, 6.07) is 0. The van der Waals surface area contributed by atoms with Crippen LogP contribution in [0.15, 0.2) is 12.4 Å². The van der Waals surface area contributed by atoms with Crippen LogP contribution in [0.3, 0.4) is 0 Å². The third-order valence-electron chi connectivity index (χ3n) is 1.65. The number of hydrogen-bond acceptors (Lipinski definition) is 2. The summed E-state index contributed by atoms with van der Waals surface area (Å²) >= 11 is 0. The third kappa shape index (κ3) is 1.85. The predicted octanol–water partition coefficient (Wildman–Crippen LogP) is 1.78. The Morgan fingerprint density at radius 1 is 1.50 bits per heavy atom. The van der Waals surface area contributed by atoms with E-state index < -0.39 is 0 Å². The van der Waals surface area contributed by atoms with Gasteiger partial charge in [0.15, 0.2) is 0 Å². The minimum atomic E-state index is 0.0853. The molecule has 0 spiro atoms. The fraction of sp³-hybridized carbons (Fsp3) is 0.667. The van der Waals surface area contributed by atoms with Crippen LogP contribution in [0.1, 0.15) is 26.6 Å². The lowest BCUT2D eigenvalue weighted by atomic mass is 9.96. The van der Waals surface area contributed by atoms with E-state index in [4.69, 9.17) is 4.74 Å². The van der Waals surface area contributed by atoms with Gasteiger partial charge in [0.25, 0.3) is 0 Å². The van der Waals surface area contributed by atoms with Crippen LogP contribution in [0.4, 0.5) is 0 Å². The predicted molar refractivity (Wildman–Crippen MR) is 47.9 cm³/mol. The summed E-state index contributed by atoms with van der Waals surface area (Å²) in [6.07, 6.45) is 3.74. The molecule has 0 aliphatic carbocycles. The Kier molecular flexibility index (Phi) is 2.52. The van der Waals surface area contributed by atoms with Gasteiger partial charge in [-0.05, 0) is 0 Å². The minimum absolute atomic E-state index is 0.0853. The molecule has 0 fully saturated rings. The van der Waals surface area contributed by atoms with Crippen molar-refractivity contribution in [2.45, 2.75) is 32.9 Å². The molecule has 1 heterocycles. The monoisotopic (exact) mass is 168 g/mol. The Balaban J connectivity index is 2.91. The first kappa shape index (κ1) is 9.26. The Bertz CT molecular complexity index is 247. The van der Waals surface area contributed by atoms with E-state index in [-0.39, 0.29) is 5.41 Å². The molecule has 3 nitrogen and oxygen atoms in total. The van der Waals surface area contributed by atoms with E-state index in [0.29, 0.717) is 6.73 Å². The molecule has 0 aliphatic heterocycles. The van der Waals surface area contributed by atoms with Gasteiger partial charge in [-0.2, -0.15) is 0 Å². The third-order valence-corrected chi connectivity index (χ3v) is 1.65. The second kappa shape index (κ2) is 3.27. The van der Waals surface area contributed by atoms with Crippen molar-refractivity contribution < 1.29 is 4.74 Å². The molecule has 0 N–H and O–H groups in total. The lowest BCUT2D eigenvalue weighted by Crippen LogP contribution is -2.19. The van der Waals surface area contributed by atoms with Crippen molar-refractivity contribution in [1.29, 1.82) is 0 Å². The zero-order chi connectivity index (χ0) is 9.19. The number of nitrogens with zero attached hydrogens (tertiary/aromatic N) is 2. The smallest absolute Gasteiger partial charge is 0.123 e. The second-order valence-electron chi connectivity index (χ2n) is 3.89. The van der Waals surface area contributed by atoms with Crippen LogP contribution in [-0.2, 0) is 16.9 Å². The maximum atomic E-state index is 5.04. The average Bonchev–Trinajstić information content (AvgIpc) is 2.34. The molecule has 0 aliphatic rings. The Morgan fingerprint density at radius 3 is 2.67 bits per heavy atom. The van der Waals surface area contributed by atoms with E-state index in [2.05, 4.69) is 25.8 Å². The molecule has 0 saturated carbocycles. The summed E-state index contributed by atoms with van der Waals surface area (Å²) < 4.78 is 7.06. The number of rotatable bonds is 2. The normalized spacial score (nSPS) is 12.0. The number of hydrogen-bond donors (Lipinski definition) is 0. The van der Waals surface area contributed by atoms with E-state index in [9.17, 15) is 0 Å². The highest BCUT2D eigenvalue weighted by molar-refractivity contribution is 5.04. The van der Waals surface area contributed by atoms with Gasteiger partial charge in [-0.3, -0.25) is 0 Å². The zero-order valence-electron chi connectivity index (χ0n) is 8.16. The van der Waals surface area contributed by atoms with E-state index in [1.54, 1.807) is 13.3 Å². The first-order chi connectivity index (χ1) is 5.55. The summed E-state index contributed by atoms with van der Waals surface area (Å²) in [5.74, 6) is 1.06. The molecule has 3 heteroatoms. The van der Waals surface area contributed by atoms with Crippen LogP contribution in [-0.4, -0.2) is 16.7 Å². The molecule has 1 aromatic heterocycles. The quantitative estimate of drug-likeness (QED) is 0.673. The fourth-order valence-corrected chi connectivity index (χ4v) is 1.20. The van der Waals surface area contributed by atoms with E-state index >= 15 is 0 Å². The largest absolute Gasteiger partial charge is 0.364 e. The van der Waals surface area contributed by atoms with Crippen LogP contribution in [0, 0.1) is 0 Å². The van der Waals surface area contributed by atoms with Crippen molar-refractivity contribution in [2.24, 2.45) is 0 Å². The van der Waals surface area contributed by atoms with Crippen molar-refractivity contribution >= 4 is 0 Å². The van der Waals surface area contributed by atoms with E-state index in [1.165, 1.54) is 0 Å². The molecule has 0 aromatic carbocycles. The SMILES string of the molecule is COCn1ccnc1C(C)(C)C. The highest BCUT2D eigenvalue weighted by Crippen LogP contribution is 2.19. The first-order valence-electron chi connectivity index (χ1n) is 4.06. The van der Waals surface area contributed by atoms with Gasteiger partial charge >= 0.3 is 0 Å². The standard InChI is InChI=1S/C9H16N2O/c1-9(2,3)8-10-5-6-11(8)7-12-4/h5-6H,7H2,1-4H3. The number of methoxy groups -OCH3 is 1. The summed E-state index contributed by atoms with van der Waals surface area (Å²) in [4.78, 5) is 4.29. The molecule has 1 aromatic rings. The van der Waals surface area contributed by atoms with Gasteiger partial charge in [-0.15, -0.1) is 0 Å².